The predicted octanol–water partition coefficient (Wildman–Crippen LogP) is 8.75. The quantitative estimate of drug-likeness (QED) is 0.0978. The number of hydrogen-bond donors (Lipinski definition) is 1. The topological polar surface area (TPSA) is 70.1 Å². The number of nitrogens with zero attached hydrogens (tertiary/aromatic N) is 2. The van der Waals surface area contributed by atoms with Gasteiger partial charge in [0.25, 0.3) is 0 Å². The summed E-state index contributed by atoms with van der Waals surface area (Å²) < 4.78 is 34.9. The lowest BCUT2D eigenvalue weighted by molar-refractivity contribution is -0.132. The fourth-order valence-electron chi connectivity index (χ4n) is 5.63. The summed E-state index contributed by atoms with van der Waals surface area (Å²) >= 11 is 0. The standard InChI is InChI=1S/C28H37F2N2O2P.C6H8O2.C3H4/c1-2-16-32-20-28(34-27(32)33)14-17-31(18-15-28)19-21-10-6-4-3-5-7-11-22(21)23-12-8-9-13-24(29)25(30)26(23)35;1-3-4-5(2)6(7)8;1-3-2/h2,8,10-12H,1,3-7,9,13-20,35H2;3-4H,1H2,2H3,(H,7,8);1H,2H3/b12-8-,21-10-,22-11+,25-24-,26-23-;5-4+;. The number of carboxylic acid groups (broad SMARTS) is 1. The Kier molecular flexibility index (Phi) is 16.7. The first-order valence-electron chi connectivity index (χ1n) is 15.8. The Morgan fingerprint density at radius 1 is 1.17 bits per heavy atom. The minimum absolute atomic E-state index is 0.0968. The molecule has 2 heterocycles. The number of terminal acetylenes is 1. The molecule has 4 aliphatic rings. The Morgan fingerprint density at radius 3 is 2.41 bits per heavy atom. The molecule has 4 rings (SSSR count). The molecule has 1 N–H and O–H groups in total. The lowest BCUT2D eigenvalue weighted by Gasteiger charge is -2.38. The minimum atomic E-state index is -0.898. The Morgan fingerprint density at radius 2 is 1.83 bits per heavy atom. The van der Waals surface area contributed by atoms with E-state index in [1.807, 2.05) is 12.2 Å². The molecule has 250 valence electrons. The number of rotatable bonds is 7. The number of amides is 1. The molecule has 2 saturated heterocycles. The fraction of sp³-hybridized carbons (Fsp3) is 0.459. The van der Waals surface area contributed by atoms with Gasteiger partial charge >= 0.3 is 12.1 Å². The van der Waals surface area contributed by atoms with Gasteiger partial charge in [0.1, 0.15) is 11.4 Å². The maximum Gasteiger partial charge on any atom is 0.410 e. The van der Waals surface area contributed by atoms with E-state index >= 15 is 0 Å². The first kappa shape index (κ1) is 38.7. The van der Waals surface area contributed by atoms with Crippen LogP contribution in [0.4, 0.5) is 13.6 Å². The summed E-state index contributed by atoms with van der Waals surface area (Å²) in [6.45, 7) is 13.8. The molecule has 2 aliphatic carbocycles. The minimum Gasteiger partial charge on any atom is -0.478 e. The van der Waals surface area contributed by atoms with Crippen LogP contribution in [0.2, 0.25) is 0 Å². The highest BCUT2D eigenvalue weighted by molar-refractivity contribution is 7.23. The normalized spacial score (nSPS) is 26.7. The van der Waals surface area contributed by atoms with Gasteiger partial charge < -0.3 is 14.7 Å². The van der Waals surface area contributed by atoms with Crippen LogP contribution >= 0.6 is 9.24 Å². The highest BCUT2D eigenvalue weighted by atomic mass is 31.0. The molecule has 46 heavy (non-hydrogen) atoms. The van der Waals surface area contributed by atoms with Gasteiger partial charge in [0.15, 0.2) is 5.83 Å². The van der Waals surface area contributed by atoms with E-state index < -0.39 is 23.2 Å². The lowest BCUT2D eigenvalue weighted by atomic mass is 9.89. The highest BCUT2D eigenvalue weighted by Crippen LogP contribution is 2.38. The molecule has 0 radical (unpaired) electrons. The number of carbonyl (C=O) groups excluding carboxylic acids is 1. The van der Waals surface area contributed by atoms with Crippen LogP contribution in [0.1, 0.15) is 71.6 Å². The van der Waals surface area contributed by atoms with Gasteiger partial charge in [-0.2, -0.15) is 0 Å². The number of likely N-dealkylation sites (tertiary alicyclic amines) is 1. The van der Waals surface area contributed by atoms with Crippen LogP contribution in [-0.2, 0) is 9.53 Å². The summed E-state index contributed by atoms with van der Waals surface area (Å²) in [5.74, 6) is -0.0737. The van der Waals surface area contributed by atoms with Crippen LogP contribution in [0.5, 0.6) is 0 Å². The van der Waals surface area contributed by atoms with Crippen molar-refractivity contribution in [3.05, 3.63) is 95.0 Å². The molecule has 2 aliphatic heterocycles. The van der Waals surface area contributed by atoms with Crippen molar-refractivity contribution < 1.29 is 28.2 Å². The van der Waals surface area contributed by atoms with E-state index in [-0.39, 0.29) is 12.5 Å². The van der Waals surface area contributed by atoms with Gasteiger partial charge in [0.2, 0.25) is 0 Å². The smallest absolute Gasteiger partial charge is 0.410 e. The van der Waals surface area contributed by atoms with Crippen LogP contribution in [0.25, 0.3) is 0 Å². The Bertz CT molecular complexity index is 1340. The number of allylic oxidation sites excluding steroid dienone is 10. The van der Waals surface area contributed by atoms with Crippen molar-refractivity contribution >= 4 is 21.3 Å². The van der Waals surface area contributed by atoms with E-state index in [9.17, 15) is 18.4 Å². The summed E-state index contributed by atoms with van der Waals surface area (Å²) in [5, 5.41) is 8.50. The molecular weight excluding hydrogens is 605 g/mol. The zero-order valence-electron chi connectivity index (χ0n) is 27.3. The van der Waals surface area contributed by atoms with Crippen molar-refractivity contribution in [1.82, 2.24) is 9.80 Å². The largest absolute Gasteiger partial charge is 0.478 e. The predicted molar refractivity (Wildman–Crippen MR) is 186 cm³/mol. The number of carboxylic acids is 1. The molecular formula is C37H49F2N2O4P. The summed E-state index contributed by atoms with van der Waals surface area (Å²) in [7, 11) is 2.44. The lowest BCUT2D eigenvalue weighted by Crippen LogP contribution is -2.47. The molecule has 0 aromatic rings. The third-order valence-corrected chi connectivity index (χ3v) is 8.68. The van der Waals surface area contributed by atoms with E-state index in [4.69, 9.17) is 9.84 Å². The SMILES string of the molecule is C#CC.C=C/C=C(\C)C(=O)O.C=CCN1CC2(CCN(CC3=C/CCCCC/C=C\3C3=C(P)/C(F)=C(/F)CC/C=C\3)CC2)OC1=O. The average molecular weight is 655 g/mol. The van der Waals surface area contributed by atoms with Crippen LogP contribution in [0.3, 0.4) is 0 Å². The van der Waals surface area contributed by atoms with Crippen molar-refractivity contribution in [3.63, 3.8) is 0 Å². The molecule has 6 nitrogen and oxygen atoms in total. The first-order valence-corrected chi connectivity index (χ1v) is 16.4. The van der Waals surface area contributed by atoms with E-state index in [0.29, 0.717) is 30.4 Å². The number of halogens is 2. The molecule has 1 spiro atoms. The number of ether oxygens (including phenoxy) is 1. The van der Waals surface area contributed by atoms with Gasteiger partial charge in [-0.05, 0) is 62.7 Å². The van der Waals surface area contributed by atoms with Gasteiger partial charge in [0, 0.05) is 56.3 Å². The number of piperidine rings is 1. The van der Waals surface area contributed by atoms with Crippen molar-refractivity contribution in [2.24, 2.45) is 0 Å². The zero-order valence-corrected chi connectivity index (χ0v) is 28.5. The molecule has 0 bridgehead atoms. The first-order chi connectivity index (χ1) is 22.0. The molecule has 2 fully saturated rings. The second-order valence-electron chi connectivity index (χ2n) is 11.6. The molecule has 1 unspecified atom stereocenters. The monoisotopic (exact) mass is 654 g/mol. The number of carbonyl (C=O) groups is 2. The van der Waals surface area contributed by atoms with E-state index in [1.54, 1.807) is 17.9 Å². The van der Waals surface area contributed by atoms with Gasteiger partial charge in [-0.3, -0.25) is 4.90 Å². The Labute approximate surface area is 276 Å². The van der Waals surface area contributed by atoms with E-state index in [0.717, 1.165) is 75.7 Å². The third-order valence-electron chi connectivity index (χ3n) is 8.12. The van der Waals surface area contributed by atoms with Gasteiger partial charge in [-0.15, -0.1) is 28.2 Å². The van der Waals surface area contributed by atoms with Crippen LogP contribution in [-0.4, -0.2) is 65.3 Å². The molecule has 0 aromatic heterocycles. The zero-order chi connectivity index (χ0) is 34.1. The fourth-order valence-corrected chi connectivity index (χ4v) is 6.04. The molecule has 1 amide bonds. The van der Waals surface area contributed by atoms with E-state index in [1.165, 1.54) is 24.6 Å². The summed E-state index contributed by atoms with van der Waals surface area (Å²) in [6.07, 6.45) is 24.9. The van der Waals surface area contributed by atoms with Crippen LogP contribution < -0.4 is 0 Å². The summed E-state index contributed by atoms with van der Waals surface area (Å²) in [6, 6.07) is 0. The Hall–Kier alpha value is -3.53. The molecule has 0 saturated carbocycles. The third kappa shape index (κ3) is 11.7. The van der Waals surface area contributed by atoms with Gasteiger partial charge in [0.05, 0.1) is 6.54 Å². The number of hydrogen-bond acceptors (Lipinski definition) is 4. The van der Waals surface area contributed by atoms with Crippen molar-refractivity contribution in [3.8, 4) is 12.3 Å². The van der Waals surface area contributed by atoms with E-state index in [2.05, 4.69) is 51.8 Å². The van der Waals surface area contributed by atoms with Crippen molar-refractivity contribution in [2.45, 2.75) is 77.2 Å². The van der Waals surface area contributed by atoms with Crippen LogP contribution in [0, 0.1) is 12.3 Å². The average Bonchev–Trinajstić information content (AvgIpc) is 3.38. The molecule has 9 heteroatoms. The van der Waals surface area contributed by atoms with Crippen LogP contribution in [0.15, 0.2) is 95.0 Å². The Balaban J connectivity index is 0.000000577. The second kappa shape index (κ2) is 19.9. The highest BCUT2D eigenvalue weighted by Gasteiger charge is 2.46. The molecule has 0 aromatic carbocycles. The van der Waals surface area contributed by atoms with Crippen molar-refractivity contribution in [1.29, 1.82) is 0 Å². The second-order valence-corrected chi connectivity index (χ2v) is 12.2. The summed E-state index contributed by atoms with van der Waals surface area (Å²) in [4.78, 5) is 26.3. The number of aliphatic carboxylic acids is 1. The van der Waals surface area contributed by atoms with Gasteiger partial charge in [-0.1, -0.05) is 55.5 Å². The van der Waals surface area contributed by atoms with Crippen molar-refractivity contribution in [2.75, 3.05) is 32.7 Å². The maximum absolute atomic E-state index is 14.8. The van der Waals surface area contributed by atoms with Gasteiger partial charge in [-0.25, -0.2) is 18.4 Å². The summed E-state index contributed by atoms with van der Waals surface area (Å²) in [5.41, 5.74) is 2.84. The maximum atomic E-state index is 14.8. The molecule has 1 atom stereocenters.